The van der Waals surface area contributed by atoms with Crippen LogP contribution in [0.15, 0.2) is 66.7 Å². The van der Waals surface area contributed by atoms with Crippen LogP contribution in [0.25, 0.3) is 10.8 Å². The predicted octanol–water partition coefficient (Wildman–Crippen LogP) is 5.06. The van der Waals surface area contributed by atoms with E-state index in [0.717, 1.165) is 16.3 Å². The van der Waals surface area contributed by atoms with Crippen LogP contribution < -0.4 is 10.6 Å². The molecule has 1 fully saturated rings. The molecule has 0 aliphatic carbocycles. The van der Waals surface area contributed by atoms with Gasteiger partial charge in [0.1, 0.15) is 11.6 Å². The van der Waals surface area contributed by atoms with E-state index in [1.165, 1.54) is 5.56 Å². The number of aryl methyl sites for hydroxylation is 2. The zero-order valence-electron chi connectivity index (χ0n) is 17.0. The van der Waals surface area contributed by atoms with Gasteiger partial charge in [-0.2, -0.15) is 18.4 Å². The fourth-order valence-electron chi connectivity index (χ4n) is 4.71. The summed E-state index contributed by atoms with van der Waals surface area (Å²) in [5, 5.41) is 17.6. The van der Waals surface area contributed by atoms with Gasteiger partial charge < -0.3 is 0 Å². The molecule has 160 valence electrons. The third kappa shape index (κ3) is 4.16. The van der Waals surface area contributed by atoms with E-state index in [4.69, 9.17) is 5.26 Å². The Kier molecular flexibility index (Phi) is 5.99. The lowest BCUT2D eigenvalue weighted by Gasteiger charge is -2.39. The van der Waals surface area contributed by atoms with Crippen molar-refractivity contribution in [1.82, 2.24) is 10.6 Å². The molecule has 0 aromatic heterocycles. The first-order valence-corrected chi connectivity index (χ1v) is 10.4. The van der Waals surface area contributed by atoms with E-state index in [1.54, 1.807) is 18.2 Å². The van der Waals surface area contributed by atoms with Gasteiger partial charge in [-0.25, -0.2) is 0 Å². The van der Waals surface area contributed by atoms with Gasteiger partial charge in [-0.3, -0.25) is 10.6 Å². The molecule has 0 amide bonds. The maximum Gasteiger partial charge on any atom is 0.396 e. The van der Waals surface area contributed by atoms with Crippen LogP contribution in [0.2, 0.25) is 0 Å². The minimum absolute atomic E-state index is 0.412. The Bertz CT molecular complexity index is 1090. The molecule has 0 saturated carbocycles. The molecule has 3 aromatic carbocycles. The van der Waals surface area contributed by atoms with Crippen molar-refractivity contribution in [1.29, 1.82) is 5.26 Å². The maximum atomic E-state index is 14.0. The van der Waals surface area contributed by atoms with E-state index < -0.39 is 24.2 Å². The normalized spacial score (nSPS) is 16.8. The van der Waals surface area contributed by atoms with Gasteiger partial charge in [-0.1, -0.05) is 66.7 Å². The molecule has 31 heavy (non-hydrogen) atoms. The Morgan fingerprint density at radius 1 is 0.871 bits per heavy atom. The van der Waals surface area contributed by atoms with E-state index in [9.17, 15) is 13.2 Å². The van der Waals surface area contributed by atoms with Gasteiger partial charge in [-0.05, 0) is 40.3 Å². The second kappa shape index (κ2) is 8.70. The third-order valence-corrected chi connectivity index (χ3v) is 6.13. The molecule has 1 saturated heterocycles. The number of nitrogens with zero attached hydrogens (tertiary/aromatic N) is 1. The molecule has 3 nitrogen and oxygen atoms in total. The van der Waals surface area contributed by atoms with E-state index in [-0.39, 0.29) is 0 Å². The van der Waals surface area contributed by atoms with Crippen molar-refractivity contribution in [2.75, 3.05) is 13.1 Å². The molecule has 1 aliphatic rings. The summed E-state index contributed by atoms with van der Waals surface area (Å²) in [4.78, 5) is 0. The van der Waals surface area contributed by atoms with Crippen LogP contribution >= 0.6 is 0 Å². The number of fused-ring (bicyclic) bond motifs is 1. The summed E-state index contributed by atoms with van der Waals surface area (Å²) in [5.41, 5.74) is 1.09. The molecular weight excluding hydrogens is 399 g/mol. The van der Waals surface area contributed by atoms with Crippen molar-refractivity contribution >= 4 is 10.8 Å². The van der Waals surface area contributed by atoms with Gasteiger partial charge in [0.2, 0.25) is 0 Å². The summed E-state index contributed by atoms with van der Waals surface area (Å²) in [6.45, 7) is 0.825. The summed E-state index contributed by atoms with van der Waals surface area (Å²) < 4.78 is 42.0. The highest BCUT2D eigenvalue weighted by molar-refractivity contribution is 5.85. The lowest BCUT2D eigenvalue weighted by Crippen LogP contribution is -2.57. The molecule has 3 aromatic rings. The maximum absolute atomic E-state index is 14.0. The van der Waals surface area contributed by atoms with Crippen molar-refractivity contribution < 1.29 is 13.2 Å². The third-order valence-electron chi connectivity index (χ3n) is 6.13. The Morgan fingerprint density at radius 2 is 1.48 bits per heavy atom. The van der Waals surface area contributed by atoms with Gasteiger partial charge >= 0.3 is 6.18 Å². The number of halogens is 3. The number of nitriles is 1. The number of benzene rings is 3. The molecule has 0 radical (unpaired) electrons. The van der Waals surface area contributed by atoms with Crippen LogP contribution in [0.4, 0.5) is 13.2 Å². The first kappa shape index (κ1) is 21.4. The summed E-state index contributed by atoms with van der Waals surface area (Å²) in [5.74, 6) is -1.84. The number of rotatable bonds is 6. The molecular formula is C25H24F3N3. The smallest absolute Gasteiger partial charge is 0.294 e. The minimum Gasteiger partial charge on any atom is -0.294 e. The summed E-state index contributed by atoms with van der Waals surface area (Å²) in [7, 11) is 0. The van der Waals surface area contributed by atoms with Crippen LogP contribution in [-0.2, 0) is 18.5 Å². The van der Waals surface area contributed by atoms with Crippen molar-refractivity contribution in [3.63, 3.8) is 0 Å². The van der Waals surface area contributed by atoms with Gasteiger partial charge in [0.05, 0.1) is 12.5 Å². The summed E-state index contributed by atoms with van der Waals surface area (Å²) in [6.07, 6.45) is -3.81. The first-order valence-electron chi connectivity index (χ1n) is 10.4. The highest BCUT2D eigenvalue weighted by Crippen LogP contribution is 2.43. The van der Waals surface area contributed by atoms with Crippen molar-refractivity contribution in [2.45, 2.75) is 31.1 Å². The molecule has 1 atom stereocenters. The minimum atomic E-state index is -4.51. The lowest BCUT2D eigenvalue weighted by molar-refractivity contribution is -0.198. The average Bonchev–Trinajstić information content (AvgIpc) is 3.26. The van der Waals surface area contributed by atoms with Gasteiger partial charge in [0.25, 0.3) is 0 Å². The van der Waals surface area contributed by atoms with Crippen molar-refractivity contribution in [3.05, 3.63) is 83.4 Å². The highest BCUT2D eigenvalue weighted by atomic mass is 19.4. The van der Waals surface area contributed by atoms with Crippen LogP contribution in [0.1, 0.15) is 23.1 Å². The Morgan fingerprint density at radius 3 is 2.23 bits per heavy atom. The Hall–Kier alpha value is -2.88. The van der Waals surface area contributed by atoms with Crippen molar-refractivity contribution in [3.8, 4) is 6.07 Å². The number of hydrogen-bond acceptors (Lipinski definition) is 3. The molecule has 6 heteroatoms. The van der Waals surface area contributed by atoms with Crippen LogP contribution in [0.3, 0.4) is 0 Å². The number of nitrogens with one attached hydrogen (secondary N) is 2. The first-order chi connectivity index (χ1) is 15.0. The highest BCUT2D eigenvalue weighted by Gasteiger charge is 2.56. The molecule has 1 heterocycles. The van der Waals surface area contributed by atoms with E-state index in [1.807, 2.05) is 30.3 Å². The molecule has 4 rings (SSSR count). The average molecular weight is 423 g/mol. The van der Waals surface area contributed by atoms with Crippen molar-refractivity contribution in [2.24, 2.45) is 5.92 Å². The largest absolute Gasteiger partial charge is 0.396 e. The Balaban J connectivity index is 1.71. The summed E-state index contributed by atoms with van der Waals surface area (Å²) >= 11 is 0. The van der Waals surface area contributed by atoms with Crippen LogP contribution in [0, 0.1) is 17.2 Å². The molecule has 0 spiro atoms. The predicted molar refractivity (Wildman–Crippen MR) is 115 cm³/mol. The topological polar surface area (TPSA) is 47.9 Å². The fraction of sp³-hybridized carbons (Fsp3) is 0.320. The second-order valence-electron chi connectivity index (χ2n) is 7.91. The van der Waals surface area contributed by atoms with E-state index in [0.29, 0.717) is 31.5 Å². The molecule has 1 aliphatic heterocycles. The lowest BCUT2D eigenvalue weighted by atomic mass is 9.80. The van der Waals surface area contributed by atoms with Gasteiger partial charge in [-0.15, -0.1) is 0 Å². The van der Waals surface area contributed by atoms with E-state index in [2.05, 4.69) is 34.9 Å². The van der Waals surface area contributed by atoms with Gasteiger partial charge in [0, 0.05) is 13.1 Å². The number of hydrogen-bond donors (Lipinski definition) is 2. The van der Waals surface area contributed by atoms with E-state index >= 15 is 0 Å². The number of alkyl halides is 3. The quantitative estimate of drug-likeness (QED) is 0.583. The van der Waals surface area contributed by atoms with Crippen LogP contribution in [0.5, 0.6) is 0 Å². The van der Waals surface area contributed by atoms with Crippen LogP contribution in [-0.4, -0.2) is 19.3 Å². The fourth-order valence-corrected chi connectivity index (χ4v) is 4.71. The summed E-state index contributed by atoms with van der Waals surface area (Å²) in [6, 6.07) is 23.3. The monoisotopic (exact) mass is 423 g/mol. The zero-order chi connectivity index (χ0) is 21.9. The second-order valence-corrected chi connectivity index (χ2v) is 7.91. The molecule has 2 N–H and O–H groups in total. The molecule has 1 unspecified atom stereocenters. The molecule has 0 bridgehead atoms. The SMILES string of the molecule is N#CCC(C(F)(F)F)C1(c2ccccc2CCc2cccc3ccccc23)NCCN1. The zero-order valence-corrected chi connectivity index (χ0v) is 17.0. The Labute approximate surface area is 179 Å². The van der Waals surface area contributed by atoms with Gasteiger partial charge in [0.15, 0.2) is 0 Å². The standard InChI is InChI=1S/C25H24F3N3/c26-25(27,28)23(14-15-29)24(30-16-17-31-24)22-11-4-2-7-20(22)13-12-19-9-5-8-18-6-1-3-10-21(18)19/h1-11,23,30-31H,12-14,16-17H2.